The molecule has 7 nitrogen and oxygen atoms in total. The van der Waals surface area contributed by atoms with Gasteiger partial charge in [-0.1, -0.05) is 0 Å². The number of nitro groups is 1. The molecule has 7 heteroatoms. The van der Waals surface area contributed by atoms with Gasteiger partial charge in [-0.15, -0.1) is 0 Å². The summed E-state index contributed by atoms with van der Waals surface area (Å²) in [5, 5.41) is 19.5. The Balaban J connectivity index is 3.51. The van der Waals surface area contributed by atoms with E-state index in [2.05, 4.69) is 4.74 Å². The van der Waals surface area contributed by atoms with Gasteiger partial charge in [-0.2, -0.15) is 5.26 Å². The molecule has 0 spiro atoms. The largest absolute Gasteiger partial charge is 0.465 e. The van der Waals surface area contributed by atoms with Gasteiger partial charge in [0.05, 0.1) is 17.6 Å². The van der Waals surface area contributed by atoms with Gasteiger partial charge in [0.2, 0.25) is 0 Å². The van der Waals surface area contributed by atoms with E-state index in [9.17, 15) is 14.9 Å². The van der Waals surface area contributed by atoms with E-state index in [4.69, 9.17) is 11.0 Å². The summed E-state index contributed by atoms with van der Waals surface area (Å²) in [6.07, 6.45) is 0. The number of hydrogen-bond donors (Lipinski definition) is 1. The van der Waals surface area contributed by atoms with Crippen LogP contribution in [0.25, 0.3) is 0 Å². The molecule has 1 rings (SSSR count). The number of carbonyl (C=O) groups is 1. The van der Waals surface area contributed by atoms with Crippen LogP contribution >= 0.6 is 0 Å². The van der Waals surface area contributed by atoms with Gasteiger partial charge < -0.3 is 10.5 Å². The Kier molecular flexibility index (Phi) is 3.74. The van der Waals surface area contributed by atoms with E-state index in [0.717, 1.165) is 13.2 Å². The van der Waals surface area contributed by atoms with Crippen LogP contribution in [0.2, 0.25) is 0 Å². The number of esters is 1. The zero-order chi connectivity index (χ0) is 13.0. The van der Waals surface area contributed by atoms with Gasteiger partial charge in [0.1, 0.15) is 11.6 Å². The molecule has 88 valence electrons. The lowest BCUT2D eigenvalue weighted by molar-refractivity contribution is -0.385. The monoisotopic (exact) mass is 235 g/mol. The molecular weight excluding hydrogens is 226 g/mol. The van der Waals surface area contributed by atoms with E-state index < -0.39 is 16.6 Å². The molecule has 0 aliphatic carbocycles. The van der Waals surface area contributed by atoms with Gasteiger partial charge in [0.15, 0.2) is 0 Å². The second-order valence-corrected chi connectivity index (χ2v) is 3.09. The summed E-state index contributed by atoms with van der Waals surface area (Å²) < 4.78 is 4.49. The third-order valence-corrected chi connectivity index (χ3v) is 2.16. The highest BCUT2D eigenvalue weighted by Gasteiger charge is 2.21. The Labute approximate surface area is 96.6 Å². The summed E-state index contributed by atoms with van der Waals surface area (Å²) in [5.74, 6) is -0.724. The lowest BCUT2D eigenvalue weighted by Crippen LogP contribution is -2.10. The Morgan fingerprint density at radius 1 is 1.65 bits per heavy atom. The molecule has 0 amide bonds. The smallest absolute Gasteiger partial charge is 0.338 e. The standard InChI is InChI=1S/C10H9N3O4/c1-17-10(14)8-3-9(13(15)16)7(5-12)2-6(8)4-11/h2-3H,4,11H2,1H3. The Hall–Kier alpha value is -2.46. The number of nitrogens with zero attached hydrogens (tertiary/aromatic N) is 2. The molecule has 2 N–H and O–H groups in total. The van der Waals surface area contributed by atoms with Crippen LogP contribution in [0, 0.1) is 21.4 Å². The van der Waals surface area contributed by atoms with Gasteiger partial charge in [-0.05, 0) is 11.6 Å². The van der Waals surface area contributed by atoms with E-state index in [1.807, 2.05) is 0 Å². The summed E-state index contributed by atoms with van der Waals surface area (Å²) in [7, 11) is 1.16. The van der Waals surface area contributed by atoms with E-state index in [-0.39, 0.29) is 17.7 Å². The number of nitro benzene ring substituents is 1. The van der Waals surface area contributed by atoms with Crippen LogP contribution in [0.5, 0.6) is 0 Å². The first-order valence-electron chi connectivity index (χ1n) is 4.55. The van der Waals surface area contributed by atoms with Crippen LogP contribution in [0.1, 0.15) is 21.5 Å². The number of nitriles is 1. The van der Waals surface area contributed by atoms with Crippen molar-refractivity contribution in [2.24, 2.45) is 5.73 Å². The van der Waals surface area contributed by atoms with Crippen LogP contribution in [-0.2, 0) is 11.3 Å². The summed E-state index contributed by atoms with van der Waals surface area (Å²) in [4.78, 5) is 21.4. The molecule has 0 saturated heterocycles. The Morgan fingerprint density at radius 3 is 2.71 bits per heavy atom. The molecular formula is C10H9N3O4. The van der Waals surface area contributed by atoms with E-state index in [0.29, 0.717) is 5.56 Å². The maximum absolute atomic E-state index is 11.4. The zero-order valence-corrected chi connectivity index (χ0v) is 8.97. The highest BCUT2D eigenvalue weighted by Crippen LogP contribution is 2.23. The second-order valence-electron chi connectivity index (χ2n) is 3.09. The van der Waals surface area contributed by atoms with Crippen molar-refractivity contribution >= 4 is 11.7 Å². The fourth-order valence-electron chi connectivity index (χ4n) is 1.34. The number of carbonyl (C=O) groups excluding carboxylic acids is 1. The van der Waals surface area contributed by atoms with Crippen molar-refractivity contribution < 1.29 is 14.5 Å². The van der Waals surface area contributed by atoms with Crippen molar-refractivity contribution in [1.29, 1.82) is 5.26 Å². The molecule has 0 aromatic heterocycles. The fourth-order valence-corrected chi connectivity index (χ4v) is 1.34. The third kappa shape index (κ3) is 2.38. The van der Waals surface area contributed by atoms with Gasteiger partial charge in [-0.25, -0.2) is 4.79 Å². The second kappa shape index (κ2) is 5.05. The quantitative estimate of drug-likeness (QED) is 0.468. The normalized spacial score (nSPS) is 9.47. The molecule has 0 aliphatic rings. The van der Waals surface area contributed by atoms with Crippen molar-refractivity contribution in [1.82, 2.24) is 0 Å². The molecule has 0 bridgehead atoms. The molecule has 0 fully saturated rings. The number of methoxy groups -OCH3 is 1. The predicted molar refractivity (Wildman–Crippen MR) is 57.0 cm³/mol. The first kappa shape index (κ1) is 12.6. The summed E-state index contributed by atoms with van der Waals surface area (Å²) in [6, 6.07) is 3.92. The summed E-state index contributed by atoms with van der Waals surface area (Å²) >= 11 is 0. The molecule has 1 aromatic carbocycles. The highest BCUT2D eigenvalue weighted by molar-refractivity contribution is 5.92. The molecule has 0 aliphatic heterocycles. The van der Waals surface area contributed by atoms with Gasteiger partial charge in [0, 0.05) is 12.6 Å². The van der Waals surface area contributed by atoms with Crippen molar-refractivity contribution in [2.45, 2.75) is 6.54 Å². The van der Waals surface area contributed by atoms with Gasteiger partial charge >= 0.3 is 5.97 Å². The average Bonchev–Trinajstić information content (AvgIpc) is 2.35. The molecule has 0 saturated carbocycles. The topological polar surface area (TPSA) is 119 Å². The van der Waals surface area contributed by atoms with E-state index in [1.54, 1.807) is 6.07 Å². The maximum Gasteiger partial charge on any atom is 0.338 e. The minimum atomic E-state index is -0.731. The van der Waals surface area contributed by atoms with Crippen LogP contribution in [0.3, 0.4) is 0 Å². The molecule has 17 heavy (non-hydrogen) atoms. The average molecular weight is 235 g/mol. The number of hydrogen-bond acceptors (Lipinski definition) is 6. The first-order chi connectivity index (χ1) is 8.04. The molecule has 0 heterocycles. The van der Waals surface area contributed by atoms with Crippen molar-refractivity contribution in [3.8, 4) is 6.07 Å². The molecule has 1 aromatic rings. The van der Waals surface area contributed by atoms with Crippen LogP contribution in [-0.4, -0.2) is 18.0 Å². The SMILES string of the molecule is COC(=O)c1cc([N+](=O)[O-])c(C#N)cc1CN. The van der Waals surface area contributed by atoms with E-state index in [1.165, 1.54) is 6.07 Å². The predicted octanol–water partition coefficient (Wildman–Crippen LogP) is 0.712. The van der Waals surface area contributed by atoms with Crippen LogP contribution < -0.4 is 5.73 Å². The Bertz CT molecular complexity index is 519. The zero-order valence-electron chi connectivity index (χ0n) is 8.97. The molecule has 0 radical (unpaired) electrons. The van der Waals surface area contributed by atoms with E-state index >= 15 is 0 Å². The van der Waals surface area contributed by atoms with Gasteiger partial charge in [0.25, 0.3) is 5.69 Å². The summed E-state index contributed by atoms with van der Waals surface area (Å²) in [6.45, 7) is -0.0168. The van der Waals surface area contributed by atoms with Crippen molar-refractivity contribution in [3.05, 3.63) is 38.9 Å². The van der Waals surface area contributed by atoms with Gasteiger partial charge in [-0.3, -0.25) is 10.1 Å². The van der Waals surface area contributed by atoms with Crippen LogP contribution in [0.15, 0.2) is 12.1 Å². The minimum Gasteiger partial charge on any atom is -0.465 e. The lowest BCUT2D eigenvalue weighted by Gasteiger charge is -2.06. The number of nitrogens with two attached hydrogens (primary N) is 1. The lowest BCUT2D eigenvalue weighted by atomic mass is 10.0. The minimum absolute atomic E-state index is 0.000648. The van der Waals surface area contributed by atoms with Crippen molar-refractivity contribution in [2.75, 3.05) is 7.11 Å². The van der Waals surface area contributed by atoms with Crippen molar-refractivity contribution in [3.63, 3.8) is 0 Å². The number of benzene rings is 1. The highest BCUT2D eigenvalue weighted by atomic mass is 16.6. The number of rotatable bonds is 3. The fraction of sp³-hybridized carbons (Fsp3) is 0.200. The molecule has 0 atom stereocenters. The maximum atomic E-state index is 11.4. The third-order valence-electron chi connectivity index (χ3n) is 2.16. The van der Waals surface area contributed by atoms with Crippen LogP contribution in [0.4, 0.5) is 5.69 Å². The summed E-state index contributed by atoms with van der Waals surface area (Å²) in [5.41, 5.74) is 5.16. The first-order valence-corrected chi connectivity index (χ1v) is 4.55. The Morgan fingerprint density at radius 2 is 2.29 bits per heavy atom. The molecule has 0 unspecified atom stereocenters. The number of ether oxygens (including phenoxy) is 1.